The van der Waals surface area contributed by atoms with Gasteiger partial charge in [-0.25, -0.2) is 4.39 Å². The van der Waals surface area contributed by atoms with Crippen LogP contribution in [0.3, 0.4) is 0 Å². The summed E-state index contributed by atoms with van der Waals surface area (Å²) < 4.78 is 41.8. The molecule has 10 heteroatoms. The van der Waals surface area contributed by atoms with Crippen molar-refractivity contribution in [3.05, 3.63) is 60.4 Å². The second-order valence-corrected chi connectivity index (χ2v) is 8.88. The van der Waals surface area contributed by atoms with E-state index in [0.29, 0.717) is 5.69 Å². The molecule has 2 aromatic rings. The minimum Gasteiger partial charge on any atom is -0.326 e. The summed E-state index contributed by atoms with van der Waals surface area (Å²) >= 11 is 0.941. The zero-order chi connectivity index (χ0) is 21.0. The number of nitrogens with one attached hydrogen (secondary N) is 1. The monoisotopic (exact) mass is 435 g/mol. The molecule has 1 atom stereocenters. The number of carbonyl (C=O) groups is 2. The third-order valence-corrected chi connectivity index (χ3v) is 6.65. The molecule has 0 saturated carbocycles. The van der Waals surface area contributed by atoms with Gasteiger partial charge < -0.3 is 5.32 Å². The Balaban J connectivity index is 1.74. The number of hydrogen-bond donors (Lipinski definition) is 1. The molecule has 1 fully saturated rings. The Hall–Kier alpha value is -2.72. The van der Waals surface area contributed by atoms with Crippen LogP contribution in [-0.4, -0.2) is 42.1 Å². The fraction of sp³-hybridized carbons (Fsp3) is 0.211. The first-order valence-corrected chi connectivity index (χ1v) is 11.1. The van der Waals surface area contributed by atoms with E-state index in [1.807, 2.05) is 0 Å². The molecule has 3 rings (SSSR count). The maximum absolute atomic E-state index is 13.0. The highest BCUT2D eigenvalue weighted by molar-refractivity contribution is 8.16. The van der Waals surface area contributed by atoms with Crippen molar-refractivity contribution in [2.45, 2.75) is 23.5 Å². The van der Waals surface area contributed by atoms with Gasteiger partial charge in [-0.05, 0) is 43.3 Å². The van der Waals surface area contributed by atoms with Crippen molar-refractivity contribution in [1.29, 1.82) is 0 Å². The molecule has 0 bridgehead atoms. The molecule has 1 heterocycles. The van der Waals surface area contributed by atoms with Crippen LogP contribution in [0.2, 0.25) is 0 Å². The van der Waals surface area contributed by atoms with E-state index >= 15 is 0 Å². The predicted molar refractivity (Wildman–Crippen MR) is 109 cm³/mol. The molecular formula is C19H18FN3O4S2. The highest BCUT2D eigenvalue weighted by atomic mass is 32.2. The number of amides is 2. The number of thioether (sulfide) groups is 1. The molecule has 7 nitrogen and oxygen atoms in total. The van der Waals surface area contributed by atoms with Crippen LogP contribution < -0.4 is 5.32 Å². The van der Waals surface area contributed by atoms with Crippen LogP contribution in [0.1, 0.15) is 13.3 Å². The van der Waals surface area contributed by atoms with Gasteiger partial charge in [0, 0.05) is 18.7 Å². The second-order valence-electron chi connectivity index (χ2n) is 6.11. The van der Waals surface area contributed by atoms with E-state index in [4.69, 9.17) is 0 Å². The van der Waals surface area contributed by atoms with Crippen LogP contribution in [0.25, 0.3) is 0 Å². The van der Waals surface area contributed by atoms with Crippen molar-refractivity contribution in [2.75, 3.05) is 11.9 Å². The lowest BCUT2D eigenvalue weighted by Crippen LogP contribution is -2.33. The van der Waals surface area contributed by atoms with Crippen LogP contribution in [0.15, 0.2) is 63.9 Å². The summed E-state index contributed by atoms with van der Waals surface area (Å²) in [6.45, 7) is 1.93. The molecule has 1 unspecified atom stereocenters. The Bertz CT molecular complexity index is 1040. The molecule has 1 aliphatic rings. The molecular weight excluding hydrogens is 417 g/mol. The minimum atomic E-state index is -3.98. The van der Waals surface area contributed by atoms with Crippen molar-refractivity contribution < 1.29 is 22.4 Å². The Labute approximate surface area is 172 Å². The lowest BCUT2D eigenvalue weighted by molar-refractivity contribution is -0.128. The van der Waals surface area contributed by atoms with E-state index in [1.54, 1.807) is 25.1 Å². The standard InChI is InChI=1S/C19H18FN3O4S2/c1-2-23-18(25)16(12-17(24)21-14-10-8-13(20)9-11-14)28-19(23)22-29(26,27)15-6-4-3-5-7-15/h3-11,16H,2,12H2,1H3,(H,21,24)/b22-19+. The molecule has 1 aliphatic heterocycles. The van der Waals surface area contributed by atoms with E-state index in [0.717, 1.165) is 11.8 Å². The third-order valence-electron chi connectivity index (χ3n) is 4.07. The maximum Gasteiger partial charge on any atom is 0.284 e. The number of amidine groups is 1. The van der Waals surface area contributed by atoms with E-state index in [-0.39, 0.29) is 28.9 Å². The minimum absolute atomic E-state index is 0.0223. The van der Waals surface area contributed by atoms with Crippen molar-refractivity contribution >= 4 is 44.5 Å². The fourth-order valence-corrected chi connectivity index (χ4v) is 5.10. The number of rotatable bonds is 6. The molecule has 0 spiro atoms. The van der Waals surface area contributed by atoms with Crippen LogP contribution >= 0.6 is 11.8 Å². The normalized spacial score (nSPS) is 18.3. The van der Waals surface area contributed by atoms with Crippen LogP contribution in [0.4, 0.5) is 10.1 Å². The fourth-order valence-electron chi connectivity index (χ4n) is 2.66. The number of nitrogens with zero attached hydrogens (tertiary/aromatic N) is 2. The van der Waals surface area contributed by atoms with Gasteiger partial charge in [-0.15, -0.1) is 4.40 Å². The zero-order valence-electron chi connectivity index (χ0n) is 15.4. The Morgan fingerprint density at radius 1 is 1.17 bits per heavy atom. The van der Waals surface area contributed by atoms with Crippen molar-refractivity contribution in [1.82, 2.24) is 4.90 Å². The number of carbonyl (C=O) groups excluding carboxylic acids is 2. The molecule has 0 aromatic heterocycles. The SMILES string of the molecule is CCN1C(=O)C(CC(=O)Nc2ccc(F)cc2)S/C1=N/S(=O)(=O)c1ccccc1. The number of anilines is 1. The van der Waals surface area contributed by atoms with Gasteiger partial charge in [-0.1, -0.05) is 30.0 Å². The number of sulfonamides is 1. The van der Waals surface area contributed by atoms with Gasteiger partial charge in [0.1, 0.15) is 11.1 Å². The third kappa shape index (κ3) is 5.01. The summed E-state index contributed by atoms with van der Waals surface area (Å²) in [6.07, 6.45) is -0.165. The summed E-state index contributed by atoms with van der Waals surface area (Å²) in [4.78, 5) is 26.1. The summed E-state index contributed by atoms with van der Waals surface area (Å²) in [5.74, 6) is -1.25. The Kier molecular flexibility index (Phi) is 6.33. The van der Waals surface area contributed by atoms with Crippen LogP contribution in [0.5, 0.6) is 0 Å². The van der Waals surface area contributed by atoms with Crippen molar-refractivity contribution in [2.24, 2.45) is 4.40 Å². The Morgan fingerprint density at radius 2 is 1.83 bits per heavy atom. The molecule has 0 radical (unpaired) electrons. The lowest BCUT2D eigenvalue weighted by Gasteiger charge is -2.13. The van der Waals surface area contributed by atoms with Gasteiger partial charge in [0.05, 0.1) is 4.90 Å². The van der Waals surface area contributed by atoms with Gasteiger partial charge in [0.15, 0.2) is 5.17 Å². The van der Waals surface area contributed by atoms with E-state index in [1.165, 1.54) is 41.3 Å². The van der Waals surface area contributed by atoms with Crippen LogP contribution in [-0.2, 0) is 19.6 Å². The maximum atomic E-state index is 13.0. The molecule has 1 N–H and O–H groups in total. The molecule has 2 aromatic carbocycles. The molecule has 152 valence electrons. The predicted octanol–water partition coefficient (Wildman–Crippen LogP) is 2.86. The second kappa shape index (κ2) is 8.75. The number of benzene rings is 2. The van der Waals surface area contributed by atoms with Gasteiger partial charge in [-0.2, -0.15) is 8.42 Å². The summed E-state index contributed by atoms with van der Waals surface area (Å²) in [5.41, 5.74) is 0.403. The van der Waals surface area contributed by atoms with E-state index in [9.17, 15) is 22.4 Å². The summed E-state index contributed by atoms with van der Waals surface area (Å²) in [7, 11) is -3.98. The first kappa shape index (κ1) is 21.0. The number of halogens is 1. The van der Waals surface area contributed by atoms with Gasteiger partial charge >= 0.3 is 0 Å². The molecule has 29 heavy (non-hydrogen) atoms. The van der Waals surface area contributed by atoms with E-state index < -0.39 is 27.0 Å². The van der Waals surface area contributed by atoms with Gasteiger partial charge in [0.25, 0.3) is 10.0 Å². The summed E-state index contributed by atoms with van der Waals surface area (Å²) in [6, 6.07) is 12.9. The van der Waals surface area contributed by atoms with E-state index in [2.05, 4.69) is 9.71 Å². The average molecular weight is 436 g/mol. The smallest absolute Gasteiger partial charge is 0.284 e. The zero-order valence-corrected chi connectivity index (χ0v) is 17.0. The van der Waals surface area contributed by atoms with Crippen molar-refractivity contribution in [3.8, 4) is 0 Å². The highest BCUT2D eigenvalue weighted by Gasteiger charge is 2.39. The Morgan fingerprint density at radius 3 is 2.45 bits per heavy atom. The first-order valence-electron chi connectivity index (χ1n) is 8.73. The lowest BCUT2D eigenvalue weighted by atomic mass is 10.2. The van der Waals surface area contributed by atoms with Gasteiger partial charge in [-0.3, -0.25) is 14.5 Å². The molecule has 2 amide bonds. The topological polar surface area (TPSA) is 95.9 Å². The van der Waals surface area contributed by atoms with Crippen molar-refractivity contribution in [3.63, 3.8) is 0 Å². The molecule has 1 saturated heterocycles. The average Bonchev–Trinajstić information content (AvgIpc) is 2.97. The number of hydrogen-bond acceptors (Lipinski definition) is 5. The quantitative estimate of drug-likeness (QED) is 0.753. The highest BCUT2D eigenvalue weighted by Crippen LogP contribution is 2.31. The van der Waals surface area contributed by atoms with Gasteiger partial charge in [0.2, 0.25) is 11.8 Å². The van der Waals surface area contributed by atoms with Crippen LogP contribution in [0, 0.1) is 5.82 Å². The largest absolute Gasteiger partial charge is 0.326 e. The summed E-state index contributed by atoms with van der Waals surface area (Å²) in [5, 5.41) is 1.84. The first-order chi connectivity index (χ1) is 13.8. The molecule has 0 aliphatic carbocycles.